The predicted octanol–water partition coefficient (Wildman–Crippen LogP) is 6.39. The van der Waals surface area contributed by atoms with Crippen LogP contribution in [0.15, 0.2) is 78.4 Å². The van der Waals surface area contributed by atoms with Crippen LogP contribution >= 0.6 is 0 Å². The maximum Gasteiger partial charge on any atom is 0.116 e. The second-order valence-corrected chi connectivity index (χ2v) is 7.00. The minimum absolute atomic E-state index is 0.125. The van der Waals surface area contributed by atoms with Gasteiger partial charge in [0, 0.05) is 0 Å². The Hall–Kier alpha value is -2.58. The fourth-order valence-corrected chi connectivity index (χ4v) is 3.59. The Labute approximate surface area is 162 Å². The highest BCUT2D eigenvalue weighted by Crippen LogP contribution is 2.31. The van der Waals surface area contributed by atoms with Gasteiger partial charge in [0.1, 0.15) is 5.75 Å². The molecule has 140 valence electrons. The number of hydrogen-bond donors (Lipinski definition) is 1. The SMILES string of the molecule is C=C(CCC)C1=CCOC1CC/C(=C/c1cccc(O)c1)c1ccccc1. The molecule has 0 saturated carbocycles. The predicted molar refractivity (Wildman–Crippen MR) is 114 cm³/mol. The number of ether oxygens (including phenoxy) is 1. The number of phenolic OH excluding ortho intramolecular Hbond substituents is 1. The summed E-state index contributed by atoms with van der Waals surface area (Å²) < 4.78 is 5.97. The van der Waals surface area contributed by atoms with E-state index in [2.05, 4.69) is 49.9 Å². The Morgan fingerprint density at radius 3 is 2.70 bits per heavy atom. The first kappa shape index (κ1) is 19.2. The lowest BCUT2D eigenvalue weighted by Gasteiger charge is -2.18. The lowest BCUT2D eigenvalue weighted by Crippen LogP contribution is -2.11. The maximum absolute atomic E-state index is 9.78. The Bertz CT molecular complexity index is 830. The van der Waals surface area contributed by atoms with Gasteiger partial charge in [-0.15, -0.1) is 0 Å². The normalized spacial score (nSPS) is 17.0. The summed E-state index contributed by atoms with van der Waals surface area (Å²) >= 11 is 0. The van der Waals surface area contributed by atoms with E-state index >= 15 is 0 Å². The van der Waals surface area contributed by atoms with Gasteiger partial charge in [-0.25, -0.2) is 0 Å². The van der Waals surface area contributed by atoms with Gasteiger partial charge in [-0.2, -0.15) is 0 Å². The third kappa shape index (κ3) is 5.21. The lowest BCUT2D eigenvalue weighted by atomic mass is 9.92. The third-order valence-corrected chi connectivity index (χ3v) is 4.94. The molecule has 1 aliphatic heterocycles. The molecule has 2 aromatic rings. The molecular formula is C25H28O2. The van der Waals surface area contributed by atoms with Gasteiger partial charge in [-0.1, -0.05) is 74.5 Å². The summed E-state index contributed by atoms with van der Waals surface area (Å²) in [6.45, 7) is 7.11. The number of aromatic hydroxyl groups is 1. The largest absolute Gasteiger partial charge is 0.508 e. The maximum atomic E-state index is 9.78. The summed E-state index contributed by atoms with van der Waals surface area (Å²) in [6, 6.07) is 17.8. The first-order valence-electron chi connectivity index (χ1n) is 9.72. The van der Waals surface area contributed by atoms with Crippen molar-refractivity contribution in [2.24, 2.45) is 0 Å². The molecule has 0 radical (unpaired) electrons. The number of rotatable bonds is 8. The van der Waals surface area contributed by atoms with E-state index in [0.29, 0.717) is 6.61 Å². The van der Waals surface area contributed by atoms with Gasteiger partial charge in [0.15, 0.2) is 0 Å². The molecule has 0 aliphatic carbocycles. The van der Waals surface area contributed by atoms with Crippen molar-refractivity contribution in [2.45, 2.75) is 38.7 Å². The molecule has 27 heavy (non-hydrogen) atoms. The zero-order valence-corrected chi connectivity index (χ0v) is 16.0. The van der Waals surface area contributed by atoms with Crippen molar-refractivity contribution < 1.29 is 9.84 Å². The molecule has 0 bridgehead atoms. The molecule has 2 heteroatoms. The first-order valence-corrected chi connectivity index (χ1v) is 9.72. The summed E-state index contributed by atoms with van der Waals surface area (Å²) in [7, 11) is 0. The zero-order chi connectivity index (χ0) is 19.1. The van der Waals surface area contributed by atoms with Crippen molar-refractivity contribution in [3.63, 3.8) is 0 Å². The molecule has 3 rings (SSSR count). The fourth-order valence-electron chi connectivity index (χ4n) is 3.59. The molecule has 0 amide bonds. The highest BCUT2D eigenvalue weighted by atomic mass is 16.5. The summed E-state index contributed by atoms with van der Waals surface area (Å²) in [5.41, 5.74) is 5.95. The molecule has 0 saturated heterocycles. The van der Waals surface area contributed by atoms with Crippen LogP contribution in [0.3, 0.4) is 0 Å². The van der Waals surface area contributed by atoms with E-state index in [0.717, 1.165) is 31.2 Å². The molecule has 1 unspecified atom stereocenters. The van der Waals surface area contributed by atoms with Crippen LogP contribution in [0.1, 0.15) is 43.7 Å². The van der Waals surface area contributed by atoms with Crippen molar-refractivity contribution in [1.29, 1.82) is 0 Å². The van der Waals surface area contributed by atoms with Crippen LogP contribution in [0.25, 0.3) is 11.6 Å². The molecule has 2 aromatic carbocycles. The average molecular weight is 360 g/mol. The van der Waals surface area contributed by atoms with Crippen LogP contribution in [-0.4, -0.2) is 17.8 Å². The Morgan fingerprint density at radius 2 is 1.96 bits per heavy atom. The summed E-state index contributed by atoms with van der Waals surface area (Å²) in [5, 5.41) is 9.78. The topological polar surface area (TPSA) is 29.5 Å². The smallest absolute Gasteiger partial charge is 0.116 e. The summed E-state index contributed by atoms with van der Waals surface area (Å²) in [6.07, 6.45) is 8.43. The minimum Gasteiger partial charge on any atom is -0.508 e. The second-order valence-electron chi connectivity index (χ2n) is 7.00. The van der Waals surface area contributed by atoms with Crippen LogP contribution in [0, 0.1) is 0 Å². The van der Waals surface area contributed by atoms with Crippen LogP contribution in [0.5, 0.6) is 5.75 Å². The molecule has 2 nitrogen and oxygen atoms in total. The van der Waals surface area contributed by atoms with Crippen LogP contribution in [0.2, 0.25) is 0 Å². The minimum atomic E-state index is 0.125. The standard InChI is InChI=1S/C25H28O2/c1-3-8-19(2)24-15-16-27-25(24)14-13-22(21-10-5-4-6-11-21)17-20-9-7-12-23(26)18-20/h4-7,9-12,15,17-18,25-26H,2-3,8,13-14,16H2,1H3/b22-17-. The van der Waals surface area contributed by atoms with Crippen LogP contribution < -0.4 is 0 Å². The van der Waals surface area contributed by atoms with E-state index in [1.807, 2.05) is 18.2 Å². The van der Waals surface area contributed by atoms with Crippen LogP contribution in [-0.2, 0) is 4.74 Å². The van der Waals surface area contributed by atoms with E-state index < -0.39 is 0 Å². The van der Waals surface area contributed by atoms with Gasteiger partial charge in [0.25, 0.3) is 0 Å². The quantitative estimate of drug-likeness (QED) is 0.552. The molecule has 1 heterocycles. The van der Waals surface area contributed by atoms with Gasteiger partial charge < -0.3 is 9.84 Å². The van der Waals surface area contributed by atoms with Gasteiger partial charge in [0.05, 0.1) is 12.7 Å². The molecule has 0 aromatic heterocycles. The van der Waals surface area contributed by atoms with E-state index in [-0.39, 0.29) is 11.9 Å². The monoisotopic (exact) mass is 360 g/mol. The second kappa shape index (κ2) is 9.38. The van der Waals surface area contributed by atoms with Crippen molar-refractivity contribution in [2.75, 3.05) is 6.61 Å². The molecular weight excluding hydrogens is 332 g/mol. The summed E-state index contributed by atoms with van der Waals surface area (Å²) in [5.74, 6) is 0.288. The van der Waals surface area contributed by atoms with Gasteiger partial charge in [-0.05, 0) is 59.2 Å². The van der Waals surface area contributed by atoms with Crippen molar-refractivity contribution in [3.05, 3.63) is 89.5 Å². The number of allylic oxidation sites excluding steroid dienone is 1. The molecule has 0 spiro atoms. The molecule has 1 atom stereocenters. The number of phenols is 1. The average Bonchev–Trinajstić information content (AvgIpc) is 3.15. The van der Waals surface area contributed by atoms with Crippen molar-refractivity contribution in [3.8, 4) is 5.75 Å². The van der Waals surface area contributed by atoms with Gasteiger partial charge in [0.2, 0.25) is 0 Å². The zero-order valence-electron chi connectivity index (χ0n) is 16.0. The van der Waals surface area contributed by atoms with E-state index in [1.54, 1.807) is 12.1 Å². The highest BCUT2D eigenvalue weighted by Gasteiger charge is 2.22. The Balaban J connectivity index is 1.79. The first-order chi connectivity index (χ1) is 13.2. The van der Waals surface area contributed by atoms with Gasteiger partial charge in [-0.3, -0.25) is 0 Å². The third-order valence-electron chi connectivity index (χ3n) is 4.94. The Morgan fingerprint density at radius 1 is 1.15 bits per heavy atom. The van der Waals surface area contributed by atoms with Crippen LogP contribution in [0.4, 0.5) is 0 Å². The number of hydrogen-bond acceptors (Lipinski definition) is 2. The summed E-state index contributed by atoms with van der Waals surface area (Å²) in [4.78, 5) is 0. The Kier molecular flexibility index (Phi) is 6.67. The van der Waals surface area contributed by atoms with E-state index in [1.165, 1.54) is 22.3 Å². The van der Waals surface area contributed by atoms with Crippen molar-refractivity contribution in [1.82, 2.24) is 0 Å². The van der Waals surface area contributed by atoms with E-state index in [9.17, 15) is 5.11 Å². The molecule has 1 aliphatic rings. The lowest BCUT2D eigenvalue weighted by molar-refractivity contribution is 0.117. The van der Waals surface area contributed by atoms with Crippen molar-refractivity contribution >= 4 is 11.6 Å². The number of benzene rings is 2. The van der Waals surface area contributed by atoms with E-state index in [4.69, 9.17) is 4.74 Å². The highest BCUT2D eigenvalue weighted by molar-refractivity contribution is 5.81. The fraction of sp³-hybridized carbons (Fsp3) is 0.280. The molecule has 1 N–H and O–H groups in total. The van der Waals surface area contributed by atoms with Gasteiger partial charge >= 0.3 is 0 Å². The molecule has 0 fully saturated rings.